The van der Waals surface area contributed by atoms with Gasteiger partial charge in [-0.05, 0) is 45.8 Å². The van der Waals surface area contributed by atoms with E-state index in [2.05, 4.69) is 15.9 Å². The SMILES string of the molecule is COc1ccc(C(CN)Oc2ccc(Br)c(F)c2)cc1. The Morgan fingerprint density at radius 2 is 1.80 bits per heavy atom. The molecule has 106 valence electrons. The van der Waals surface area contributed by atoms with E-state index in [0.717, 1.165) is 11.3 Å². The van der Waals surface area contributed by atoms with E-state index in [1.165, 1.54) is 6.07 Å². The lowest BCUT2D eigenvalue weighted by Gasteiger charge is -2.18. The Morgan fingerprint density at radius 1 is 1.15 bits per heavy atom. The molecular formula is C15H15BrFNO2. The third-order valence-corrected chi connectivity index (χ3v) is 3.51. The van der Waals surface area contributed by atoms with Gasteiger partial charge in [0.2, 0.25) is 0 Å². The molecule has 0 heterocycles. The first kappa shape index (κ1) is 14.8. The molecule has 0 radical (unpaired) electrons. The van der Waals surface area contributed by atoms with Gasteiger partial charge in [-0.15, -0.1) is 0 Å². The zero-order chi connectivity index (χ0) is 14.5. The molecule has 5 heteroatoms. The van der Waals surface area contributed by atoms with Crippen LogP contribution in [0.25, 0.3) is 0 Å². The summed E-state index contributed by atoms with van der Waals surface area (Å²) in [5.74, 6) is 0.837. The molecular weight excluding hydrogens is 325 g/mol. The number of methoxy groups -OCH3 is 1. The Morgan fingerprint density at radius 3 is 2.35 bits per heavy atom. The fourth-order valence-corrected chi connectivity index (χ4v) is 2.03. The fourth-order valence-electron chi connectivity index (χ4n) is 1.79. The summed E-state index contributed by atoms with van der Waals surface area (Å²) in [6.07, 6.45) is -0.332. The number of ether oxygens (including phenoxy) is 2. The van der Waals surface area contributed by atoms with Crippen molar-refractivity contribution in [3.63, 3.8) is 0 Å². The van der Waals surface area contributed by atoms with Crippen LogP contribution in [0.1, 0.15) is 11.7 Å². The summed E-state index contributed by atoms with van der Waals surface area (Å²) in [6, 6.07) is 12.1. The molecule has 0 saturated carbocycles. The van der Waals surface area contributed by atoms with Crippen molar-refractivity contribution >= 4 is 15.9 Å². The smallest absolute Gasteiger partial charge is 0.141 e. The van der Waals surface area contributed by atoms with Crippen molar-refractivity contribution in [2.75, 3.05) is 13.7 Å². The molecule has 0 aromatic heterocycles. The largest absolute Gasteiger partial charge is 0.497 e. The summed E-state index contributed by atoms with van der Waals surface area (Å²) in [5.41, 5.74) is 6.65. The predicted molar refractivity (Wildman–Crippen MR) is 79.5 cm³/mol. The average Bonchev–Trinajstić information content (AvgIpc) is 2.48. The number of rotatable bonds is 5. The topological polar surface area (TPSA) is 44.5 Å². The molecule has 0 fully saturated rings. The van der Waals surface area contributed by atoms with Crippen LogP contribution in [0.4, 0.5) is 4.39 Å². The lowest BCUT2D eigenvalue weighted by atomic mass is 10.1. The molecule has 20 heavy (non-hydrogen) atoms. The first-order chi connectivity index (χ1) is 9.63. The number of benzene rings is 2. The van der Waals surface area contributed by atoms with E-state index in [1.54, 1.807) is 19.2 Å². The Hall–Kier alpha value is -1.59. The van der Waals surface area contributed by atoms with Crippen molar-refractivity contribution < 1.29 is 13.9 Å². The molecule has 1 unspecified atom stereocenters. The third-order valence-electron chi connectivity index (χ3n) is 2.87. The molecule has 0 amide bonds. The molecule has 0 bridgehead atoms. The van der Waals surface area contributed by atoms with Gasteiger partial charge in [-0.1, -0.05) is 12.1 Å². The normalized spacial score (nSPS) is 12.0. The number of halogens is 2. The molecule has 1 atom stereocenters. The predicted octanol–water partition coefficient (Wildman–Crippen LogP) is 3.68. The maximum Gasteiger partial charge on any atom is 0.141 e. The molecule has 0 aliphatic heterocycles. The van der Waals surface area contributed by atoms with Crippen LogP contribution in [-0.2, 0) is 0 Å². The molecule has 2 aromatic rings. The monoisotopic (exact) mass is 339 g/mol. The van der Waals surface area contributed by atoms with Gasteiger partial charge in [-0.25, -0.2) is 4.39 Å². The van der Waals surface area contributed by atoms with E-state index < -0.39 is 0 Å². The minimum absolute atomic E-state index is 0.296. The maximum atomic E-state index is 13.5. The van der Waals surface area contributed by atoms with E-state index in [0.29, 0.717) is 16.8 Å². The fraction of sp³-hybridized carbons (Fsp3) is 0.200. The van der Waals surface area contributed by atoms with Crippen LogP contribution >= 0.6 is 15.9 Å². The van der Waals surface area contributed by atoms with Crippen LogP contribution in [0.3, 0.4) is 0 Å². The summed E-state index contributed by atoms with van der Waals surface area (Å²) in [6.45, 7) is 0.296. The molecule has 0 aliphatic rings. The molecule has 0 aliphatic carbocycles. The van der Waals surface area contributed by atoms with Crippen molar-refractivity contribution in [1.29, 1.82) is 0 Å². The lowest BCUT2D eigenvalue weighted by molar-refractivity contribution is 0.213. The summed E-state index contributed by atoms with van der Waals surface area (Å²) in [5, 5.41) is 0. The van der Waals surface area contributed by atoms with Crippen LogP contribution in [0.5, 0.6) is 11.5 Å². The molecule has 2 rings (SSSR count). The molecule has 0 spiro atoms. The van der Waals surface area contributed by atoms with Crippen LogP contribution in [0.2, 0.25) is 0 Å². The second kappa shape index (κ2) is 6.72. The second-order valence-corrected chi connectivity index (χ2v) is 5.05. The highest BCUT2D eigenvalue weighted by molar-refractivity contribution is 9.10. The Kier molecular flexibility index (Phi) is 4.98. The van der Waals surface area contributed by atoms with Gasteiger partial charge in [0.15, 0.2) is 0 Å². The maximum absolute atomic E-state index is 13.5. The quantitative estimate of drug-likeness (QED) is 0.903. The third kappa shape index (κ3) is 3.49. The molecule has 2 N–H and O–H groups in total. The minimum atomic E-state index is -0.368. The van der Waals surface area contributed by atoms with Gasteiger partial charge >= 0.3 is 0 Å². The molecule has 0 saturated heterocycles. The van der Waals surface area contributed by atoms with E-state index in [4.69, 9.17) is 15.2 Å². The van der Waals surface area contributed by atoms with Gasteiger partial charge in [-0.3, -0.25) is 0 Å². The van der Waals surface area contributed by atoms with Gasteiger partial charge in [0, 0.05) is 12.6 Å². The van der Waals surface area contributed by atoms with Crippen molar-refractivity contribution in [3.05, 3.63) is 58.3 Å². The highest BCUT2D eigenvalue weighted by atomic mass is 79.9. The summed E-state index contributed by atoms with van der Waals surface area (Å²) >= 11 is 3.10. The Labute approximate surface area is 125 Å². The zero-order valence-corrected chi connectivity index (χ0v) is 12.6. The van der Waals surface area contributed by atoms with Gasteiger partial charge in [0.05, 0.1) is 11.6 Å². The summed E-state index contributed by atoms with van der Waals surface area (Å²) in [4.78, 5) is 0. The number of nitrogens with two attached hydrogens (primary N) is 1. The van der Waals surface area contributed by atoms with Gasteiger partial charge in [0.1, 0.15) is 23.4 Å². The molecule has 3 nitrogen and oxygen atoms in total. The Bertz CT molecular complexity index is 575. The molecule has 2 aromatic carbocycles. The number of hydrogen-bond donors (Lipinski definition) is 1. The highest BCUT2D eigenvalue weighted by Gasteiger charge is 2.12. The highest BCUT2D eigenvalue weighted by Crippen LogP contribution is 2.26. The van der Waals surface area contributed by atoms with Crippen LogP contribution in [-0.4, -0.2) is 13.7 Å². The summed E-state index contributed by atoms with van der Waals surface area (Å²) < 4.78 is 24.7. The average molecular weight is 340 g/mol. The van der Waals surface area contributed by atoms with Crippen molar-refractivity contribution in [1.82, 2.24) is 0 Å². The van der Waals surface area contributed by atoms with Crippen LogP contribution in [0, 0.1) is 5.82 Å². The van der Waals surface area contributed by atoms with E-state index in [-0.39, 0.29) is 11.9 Å². The van der Waals surface area contributed by atoms with Gasteiger partial charge < -0.3 is 15.2 Å². The summed E-state index contributed by atoms with van der Waals surface area (Å²) in [7, 11) is 1.61. The lowest BCUT2D eigenvalue weighted by Crippen LogP contribution is -2.18. The van der Waals surface area contributed by atoms with Crippen molar-refractivity contribution in [3.8, 4) is 11.5 Å². The zero-order valence-electron chi connectivity index (χ0n) is 11.0. The standard InChI is InChI=1S/C15H15BrFNO2/c1-19-11-4-2-10(3-5-11)15(9-18)20-12-6-7-13(16)14(17)8-12/h2-8,15H,9,18H2,1H3. The van der Waals surface area contributed by atoms with Gasteiger partial charge in [-0.2, -0.15) is 0 Å². The van der Waals surface area contributed by atoms with E-state index in [9.17, 15) is 4.39 Å². The minimum Gasteiger partial charge on any atom is -0.497 e. The van der Waals surface area contributed by atoms with E-state index in [1.807, 2.05) is 24.3 Å². The van der Waals surface area contributed by atoms with Crippen molar-refractivity contribution in [2.45, 2.75) is 6.10 Å². The van der Waals surface area contributed by atoms with E-state index >= 15 is 0 Å². The Balaban J connectivity index is 2.16. The van der Waals surface area contributed by atoms with Crippen LogP contribution < -0.4 is 15.2 Å². The second-order valence-electron chi connectivity index (χ2n) is 4.19. The van der Waals surface area contributed by atoms with Gasteiger partial charge in [0.25, 0.3) is 0 Å². The first-order valence-electron chi connectivity index (χ1n) is 6.09. The number of hydrogen-bond acceptors (Lipinski definition) is 3. The first-order valence-corrected chi connectivity index (χ1v) is 6.89. The van der Waals surface area contributed by atoms with Crippen LogP contribution in [0.15, 0.2) is 46.9 Å². The van der Waals surface area contributed by atoms with Crippen molar-refractivity contribution in [2.24, 2.45) is 5.73 Å².